The third-order valence-corrected chi connectivity index (χ3v) is 4.16. The van der Waals surface area contributed by atoms with Gasteiger partial charge < -0.3 is 10.2 Å². The van der Waals surface area contributed by atoms with E-state index in [0.29, 0.717) is 0 Å². The van der Waals surface area contributed by atoms with Gasteiger partial charge in [0.25, 0.3) is 5.91 Å². The molecule has 20 heavy (non-hydrogen) atoms. The summed E-state index contributed by atoms with van der Waals surface area (Å²) in [6.07, 6.45) is 6.32. The number of amides is 1. The standard InChI is InChI=1S/C17H26N2O/c1-2-16-11-6-7-13-19(16)14-8-12-18-17(20)15-9-4-3-5-10-15/h3-5,9-10,16H,2,6-8,11-14H2,1H3,(H,18,20)/t16-/m0/s1. The molecule has 2 rings (SSSR count). The van der Waals surface area contributed by atoms with Crippen LogP contribution in [0.5, 0.6) is 0 Å². The molecule has 3 nitrogen and oxygen atoms in total. The lowest BCUT2D eigenvalue weighted by atomic mass is 10.00. The summed E-state index contributed by atoms with van der Waals surface area (Å²) in [6, 6.07) is 10.2. The van der Waals surface area contributed by atoms with Gasteiger partial charge in [0.1, 0.15) is 0 Å². The number of hydrogen-bond donors (Lipinski definition) is 1. The molecule has 0 unspecified atom stereocenters. The number of hydrogen-bond acceptors (Lipinski definition) is 2. The van der Waals surface area contributed by atoms with E-state index in [0.717, 1.165) is 31.1 Å². The molecule has 0 aliphatic carbocycles. The van der Waals surface area contributed by atoms with E-state index in [9.17, 15) is 4.79 Å². The summed E-state index contributed by atoms with van der Waals surface area (Å²) in [6.45, 7) is 5.37. The predicted octanol–water partition coefficient (Wildman–Crippen LogP) is 3.07. The minimum atomic E-state index is 0.0382. The van der Waals surface area contributed by atoms with Gasteiger partial charge in [0.15, 0.2) is 0 Å². The largest absolute Gasteiger partial charge is 0.352 e. The van der Waals surface area contributed by atoms with Crippen molar-refractivity contribution in [2.45, 2.75) is 45.1 Å². The summed E-state index contributed by atoms with van der Waals surface area (Å²) in [4.78, 5) is 14.5. The normalized spacial score (nSPS) is 19.8. The van der Waals surface area contributed by atoms with Crippen molar-refractivity contribution in [3.05, 3.63) is 35.9 Å². The number of carbonyl (C=O) groups excluding carboxylic acids is 1. The van der Waals surface area contributed by atoms with Gasteiger partial charge in [-0.2, -0.15) is 0 Å². The van der Waals surface area contributed by atoms with Crippen LogP contribution in [0.2, 0.25) is 0 Å². The first-order valence-electron chi connectivity index (χ1n) is 7.88. The molecule has 110 valence electrons. The fraction of sp³-hybridized carbons (Fsp3) is 0.588. The fourth-order valence-electron chi connectivity index (χ4n) is 2.99. The van der Waals surface area contributed by atoms with Gasteiger partial charge in [-0.15, -0.1) is 0 Å². The van der Waals surface area contributed by atoms with Crippen molar-refractivity contribution in [1.29, 1.82) is 0 Å². The number of likely N-dealkylation sites (tertiary alicyclic amines) is 1. The maximum Gasteiger partial charge on any atom is 0.251 e. The Morgan fingerprint density at radius 1 is 1.30 bits per heavy atom. The van der Waals surface area contributed by atoms with Crippen LogP contribution in [0, 0.1) is 0 Å². The van der Waals surface area contributed by atoms with Crippen LogP contribution in [-0.2, 0) is 0 Å². The van der Waals surface area contributed by atoms with E-state index >= 15 is 0 Å². The topological polar surface area (TPSA) is 32.3 Å². The maximum atomic E-state index is 11.9. The second-order valence-corrected chi connectivity index (χ2v) is 5.57. The maximum absolute atomic E-state index is 11.9. The van der Waals surface area contributed by atoms with Crippen molar-refractivity contribution in [3.63, 3.8) is 0 Å². The summed E-state index contributed by atoms with van der Waals surface area (Å²) < 4.78 is 0. The summed E-state index contributed by atoms with van der Waals surface area (Å²) in [5.74, 6) is 0.0382. The predicted molar refractivity (Wildman–Crippen MR) is 82.9 cm³/mol. The molecular weight excluding hydrogens is 248 g/mol. The quantitative estimate of drug-likeness (QED) is 0.809. The van der Waals surface area contributed by atoms with Gasteiger partial charge >= 0.3 is 0 Å². The number of rotatable bonds is 6. The molecule has 0 radical (unpaired) electrons. The molecule has 1 aliphatic heterocycles. The molecule has 1 aromatic rings. The van der Waals surface area contributed by atoms with Crippen LogP contribution in [-0.4, -0.2) is 36.5 Å². The summed E-state index contributed by atoms with van der Waals surface area (Å²) in [5.41, 5.74) is 0.747. The Morgan fingerprint density at radius 2 is 2.10 bits per heavy atom. The third kappa shape index (κ3) is 4.34. The average Bonchev–Trinajstić information content (AvgIpc) is 2.52. The molecule has 1 heterocycles. The van der Waals surface area contributed by atoms with E-state index in [1.807, 2.05) is 30.3 Å². The number of nitrogens with one attached hydrogen (secondary N) is 1. The molecule has 0 aromatic heterocycles. The average molecular weight is 274 g/mol. The molecule has 1 amide bonds. The Labute approximate surface area is 122 Å². The van der Waals surface area contributed by atoms with Gasteiger partial charge in [0.2, 0.25) is 0 Å². The zero-order valence-corrected chi connectivity index (χ0v) is 12.5. The third-order valence-electron chi connectivity index (χ3n) is 4.16. The molecule has 0 bridgehead atoms. The molecule has 0 spiro atoms. The van der Waals surface area contributed by atoms with Gasteiger partial charge in [0, 0.05) is 24.7 Å². The van der Waals surface area contributed by atoms with Gasteiger partial charge in [-0.3, -0.25) is 4.79 Å². The minimum Gasteiger partial charge on any atom is -0.352 e. The zero-order valence-electron chi connectivity index (χ0n) is 12.5. The van der Waals surface area contributed by atoms with Crippen LogP contribution in [0.1, 0.15) is 49.4 Å². The second-order valence-electron chi connectivity index (χ2n) is 5.57. The fourth-order valence-corrected chi connectivity index (χ4v) is 2.99. The Kier molecular flexibility index (Phi) is 6.06. The second kappa shape index (κ2) is 8.05. The molecule has 1 N–H and O–H groups in total. The van der Waals surface area contributed by atoms with Crippen LogP contribution in [0.3, 0.4) is 0 Å². The lowest BCUT2D eigenvalue weighted by molar-refractivity contribution is 0.0947. The monoisotopic (exact) mass is 274 g/mol. The van der Waals surface area contributed by atoms with Crippen molar-refractivity contribution < 1.29 is 4.79 Å². The molecule has 3 heteroatoms. The van der Waals surface area contributed by atoms with E-state index in [1.165, 1.54) is 32.2 Å². The van der Waals surface area contributed by atoms with Crippen LogP contribution < -0.4 is 5.32 Å². The van der Waals surface area contributed by atoms with Crippen molar-refractivity contribution in [3.8, 4) is 0 Å². The highest BCUT2D eigenvalue weighted by Gasteiger charge is 2.19. The van der Waals surface area contributed by atoms with E-state index in [1.54, 1.807) is 0 Å². The zero-order chi connectivity index (χ0) is 14.2. The van der Waals surface area contributed by atoms with Gasteiger partial charge in [-0.05, 0) is 44.4 Å². The molecular formula is C17H26N2O. The number of carbonyl (C=O) groups is 1. The van der Waals surface area contributed by atoms with Crippen molar-refractivity contribution in [2.24, 2.45) is 0 Å². The van der Waals surface area contributed by atoms with Crippen LogP contribution in [0.25, 0.3) is 0 Å². The lowest BCUT2D eigenvalue weighted by Gasteiger charge is -2.35. The van der Waals surface area contributed by atoms with Gasteiger partial charge in [-0.25, -0.2) is 0 Å². The molecule has 1 aromatic carbocycles. The summed E-state index contributed by atoms with van der Waals surface area (Å²) in [5, 5.41) is 3.01. The Morgan fingerprint density at radius 3 is 2.85 bits per heavy atom. The lowest BCUT2D eigenvalue weighted by Crippen LogP contribution is -2.40. The van der Waals surface area contributed by atoms with Gasteiger partial charge in [-0.1, -0.05) is 31.5 Å². The highest BCUT2D eigenvalue weighted by Crippen LogP contribution is 2.19. The first-order chi connectivity index (χ1) is 9.81. The Bertz CT molecular complexity index is 405. The van der Waals surface area contributed by atoms with E-state index in [2.05, 4.69) is 17.1 Å². The van der Waals surface area contributed by atoms with Crippen molar-refractivity contribution in [1.82, 2.24) is 10.2 Å². The van der Waals surface area contributed by atoms with E-state index < -0.39 is 0 Å². The smallest absolute Gasteiger partial charge is 0.251 e. The number of piperidine rings is 1. The first kappa shape index (κ1) is 15.0. The molecule has 1 atom stereocenters. The Hall–Kier alpha value is -1.35. The number of nitrogens with zero attached hydrogens (tertiary/aromatic N) is 1. The SMILES string of the molecule is CC[C@H]1CCCCN1CCCNC(=O)c1ccccc1. The summed E-state index contributed by atoms with van der Waals surface area (Å²) in [7, 11) is 0. The summed E-state index contributed by atoms with van der Waals surface area (Å²) >= 11 is 0. The first-order valence-corrected chi connectivity index (χ1v) is 7.88. The molecule has 1 saturated heterocycles. The minimum absolute atomic E-state index is 0.0382. The van der Waals surface area contributed by atoms with Crippen LogP contribution in [0.15, 0.2) is 30.3 Å². The highest BCUT2D eigenvalue weighted by atomic mass is 16.1. The molecule has 1 aliphatic rings. The van der Waals surface area contributed by atoms with Crippen molar-refractivity contribution >= 4 is 5.91 Å². The Balaban J connectivity index is 1.67. The number of benzene rings is 1. The van der Waals surface area contributed by atoms with Crippen LogP contribution in [0.4, 0.5) is 0 Å². The molecule has 1 fully saturated rings. The van der Waals surface area contributed by atoms with E-state index in [4.69, 9.17) is 0 Å². The van der Waals surface area contributed by atoms with Gasteiger partial charge in [0.05, 0.1) is 0 Å². The molecule has 0 saturated carbocycles. The highest BCUT2D eigenvalue weighted by molar-refractivity contribution is 5.94. The van der Waals surface area contributed by atoms with E-state index in [-0.39, 0.29) is 5.91 Å². The van der Waals surface area contributed by atoms with Crippen molar-refractivity contribution in [2.75, 3.05) is 19.6 Å². The van der Waals surface area contributed by atoms with Crippen LogP contribution >= 0.6 is 0 Å².